The predicted molar refractivity (Wildman–Crippen MR) is 73.4 cm³/mol. The third-order valence-electron chi connectivity index (χ3n) is 3.73. The van der Waals surface area contributed by atoms with Crippen molar-refractivity contribution >= 4 is 0 Å². The summed E-state index contributed by atoms with van der Waals surface area (Å²) in [5.74, 6) is -1.47. The van der Waals surface area contributed by atoms with E-state index in [9.17, 15) is 13.9 Å². The van der Waals surface area contributed by atoms with Crippen LogP contribution in [-0.2, 0) is 12.1 Å². The van der Waals surface area contributed by atoms with E-state index in [1.165, 1.54) is 23.4 Å². The zero-order valence-corrected chi connectivity index (χ0v) is 12.2. The minimum Gasteiger partial charge on any atom is -0.381 e. The van der Waals surface area contributed by atoms with Gasteiger partial charge in [0.15, 0.2) is 0 Å². The minimum atomic E-state index is -1.57. The van der Waals surface area contributed by atoms with Crippen molar-refractivity contribution in [2.75, 3.05) is 14.1 Å². The fourth-order valence-electron chi connectivity index (χ4n) is 2.27. The Bertz CT molecular complexity index is 603. The van der Waals surface area contributed by atoms with Crippen LogP contribution in [0.4, 0.5) is 8.78 Å². The van der Waals surface area contributed by atoms with Crippen LogP contribution in [0.25, 0.3) is 0 Å². The Morgan fingerprint density at radius 2 is 2.10 bits per heavy atom. The highest BCUT2D eigenvalue weighted by Gasteiger charge is 2.40. The van der Waals surface area contributed by atoms with Crippen molar-refractivity contribution in [3.05, 3.63) is 48.1 Å². The van der Waals surface area contributed by atoms with E-state index in [4.69, 9.17) is 0 Å². The van der Waals surface area contributed by atoms with Gasteiger partial charge in [-0.15, -0.1) is 0 Å². The lowest BCUT2D eigenvalue weighted by atomic mass is 9.86. The van der Waals surface area contributed by atoms with E-state index in [2.05, 4.69) is 10.1 Å². The quantitative estimate of drug-likeness (QED) is 0.906. The van der Waals surface area contributed by atoms with Gasteiger partial charge in [0.05, 0.1) is 6.54 Å². The second-order valence-corrected chi connectivity index (χ2v) is 5.28. The number of aromatic nitrogens is 3. The molecule has 114 valence electrons. The number of likely N-dealkylation sites (N-methyl/N-ethyl adjacent to an activating group) is 1. The molecule has 0 aliphatic carbocycles. The summed E-state index contributed by atoms with van der Waals surface area (Å²) < 4.78 is 28.7. The summed E-state index contributed by atoms with van der Waals surface area (Å²) in [6.07, 6.45) is 2.77. The Kier molecular flexibility index (Phi) is 4.34. The number of hydrogen-bond donors (Lipinski definition) is 1. The fourth-order valence-corrected chi connectivity index (χ4v) is 2.27. The van der Waals surface area contributed by atoms with Gasteiger partial charge in [0.25, 0.3) is 0 Å². The Hall–Kier alpha value is -1.86. The van der Waals surface area contributed by atoms with Crippen LogP contribution in [0.3, 0.4) is 0 Å². The zero-order valence-electron chi connectivity index (χ0n) is 12.2. The van der Waals surface area contributed by atoms with Crippen LogP contribution in [0.5, 0.6) is 0 Å². The van der Waals surface area contributed by atoms with Gasteiger partial charge in [0.1, 0.15) is 29.9 Å². The van der Waals surface area contributed by atoms with Gasteiger partial charge in [-0.3, -0.25) is 0 Å². The van der Waals surface area contributed by atoms with Gasteiger partial charge in [-0.1, -0.05) is 6.07 Å². The van der Waals surface area contributed by atoms with E-state index in [0.717, 1.165) is 12.1 Å². The van der Waals surface area contributed by atoms with E-state index in [1.54, 1.807) is 25.9 Å². The van der Waals surface area contributed by atoms with Crippen molar-refractivity contribution in [1.82, 2.24) is 19.7 Å². The molecule has 1 aromatic carbocycles. The summed E-state index contributed by atoms with van der Waals surface area (Å²) in [6, 6.07) is 2.74. The maximum absolute atomic E-state index is 14.1. The third-order valence-corrected chi connectivity index (χ3v) is 3.73. The van der Waals surface area contributed by atoms with Gasteiger partial charge >= 0.3 is 0 Å². The first-order valence-electron chi connectivity index (χ1n) is 6.51. The largest absolute Gasteiger partial charge is 0.381 e. The van der Waals surface area contributed by atoms with Crippen LogP contribution >= 0.6 is 0 Å². The summed E-state index contributed by atoms with van der Waals surface area (Å²) in [5.41, 5.74) is -1.55. The van der Waals surface area contributed by atoms with Crippen LogP contribution in [0.15, 0.2) is 30.9 Å². The molecule has 1 aromatic heterocycles. The summed E-state index contributed by atoms with van der Waals surface area (Å²) in [7, 11) is 3.55. The second-order valence-electron chi connectivity index (χ2n) is 5.28. The molecule has 0 aliphatic heterocycles. The van der Waals surface area contributed by atoms with Gasteiger partial charge in [-0.2, -0.15) is 5.10 Å². The lowest BCUT2D eigenvalue weighted by Gasteiger charge is -2.38. The standard InChI is InChI=1S/C14H18F2N4O/c1-10(19(2)3)14(21,7-20-9-17-8-18-20)12-5-4-11(15)6-13(12)16/h4-6,8-10,21H,7H2,1-3H3/t10-,14-/m0/s1. The van der Waals surface area contributed by atoms with Crippen molar-refractivity contribution in [2.45, 2.75) is 25.1 Å². The molecule has 0 amide bonds. The predicted octanol–water partition coefficient (Wildman–Crippen LogP) is 1.39. The van der Waals surface area contributed by atoms with Gasteiger partial charge in [-0.25, -0.2) is 18.4 Å². The molecule has 0 saturated carbocycles. The van der Waals surface area contributed by atoms with Crippen LogP contribution in [0, 0.1) is 11.6 Å². The molecule has 1 heterocycles. The highest BCUT2D eigenvalue weighted by Crippen LogP contribution is 2.31. The SMILES string of the molecule is C[C@H](N(C)C)[C@@](O)(Cn1cncn1)c1ccc(F)cc1F. The molecule has 2 atom stereocenters. The van der Waals surface area contributed by atoms with Crippen LogP contribution < -0.4 is 0 Å². The van der Waals surface area contributed by atoms with Crippen molar-refractivity contribution in [3.8, 4) is 0 Å². The van der Waals surface area contributed by atoms with Crippen LogP contribution in [0.1, 0.15) is 12.5 Å². The van der Waals surface area contributed by atoms with Gasteiger partial charge < -0.3 is 10.0 Å². The van der Waals surface area contributed by atoms with Crippen molar-refractivity contribution in [2.24, 2.45) is 0 Å². The van der Waals surface area contributed by atoms with Crippen LogP contribution in [0.2, 0.25) is 0 Å². The van der Waals surface area contributed by atoms with Crippen molar-refractivity contribution < 1.29 is 13.9 Å². The summed E-state index contributed by atoms with van der Waals surface area (Å²) in [4.78, 5) is 5.58. The topological polar surface area (TPSA) is 54.2 Å². The Balaban J connectivity index is 2.49. The number of hydrogen-bond acceptors (Lipinski definition) is 4. The molecule has 0 unspecified atom stereocenters. The number of nitrogens with zero attached hydrogens (tertiary/aromatic N) is 4. The summed E-state index contributed by atoms with van der Waals surface area (Å²) in [6.45, 7) is 1.77. The molecule has 1 N–H and O–H groups in total. The first kappa shape index (κ1) is 15.5. The van der Waals surface area contributed by atoms with E-state index < -0.39 is 23.3 Å². The highest BCUT2D eigenvalue weighted by atomic mass is 19.1. The Morgan fingerprint density at radius 1 is 1.38 bits per heavy atom. The number of halogens is 2. The first-order valence-corrected chi connectivity index (χ1v) is 6.51. The number of benzene rings is 1. The maximum atomic E-state index is 14.1. The molecule has 0 bridgehead atoms. The van der Waals surface area contributed by atoms with E-state index in [1.807, 2.05) is 0 Å². The average molecular weight is 296 g/mol. The van der Waals surface area contributed by atoms with Crippen molar-refractivity contribution in [1.29, 1.82) is 0 Å². The Labute approximate surface area is 121 Å². The summed E-state index contributed by atoms with van der Waals surface area (Å²) in [5, 5.41) is 15.0. The maximum Gasteiger partial charge on any atom is 0.137 e. The molecule has 0 spiro atoms. The van der Waals surface area contributed by atoms with Gasteiger partial charge in [0.2, 0.25) is 0 Å². The fraction of sp³-hybridized carbons (Fsp3) is 0.429. The lowest BCUT2D eigenvalue weighted by molar-refractivity contribution is -0.0507. The number of aliphatic hydroxyl groups is 1. The minimum absolute atomic E-state index is 0.00883. The molecule has 7 heteroatoms. The number of rotatable bonds is 5. The van der Waals surface area contributed by atoms with Crippen molar-refractivity contribution in [3.63, 3.8) is 0 Å². The third kappa shape index (κ3) is 3.08. The molecule has 2 aromatic rings. The monoisotopic (exact) mass is 296 g/mol. The van der Waals surface area contributed by atoms with Crippen LogP contribution in [-0.4, -0.2) is 44.9 Å². The molecular formula is C14H18F2N4O. The molecular weight excluding hydrogens is 278 g/mol. The average Bonchev–Trinajstić information content (AvgIpc) is 2.89. The molecule has 0 aliphatic rings. The molecule has 21 heavy (non-hydrogen) atoms. The Morgan fingerprint density at radius 3 is 2.62 bits per heavy atom. The molecule has 0 fully saturated rings. The zero-order chi connectivity index (χ0) is 15.6. The first-order chi connectivity index (χ1) is 9.84. The molecule has 0 radical (unpaired) electrons. The highest BCUT2D eigenvalue weighted by molar-refractivity contribution is 5.27. The van der Waals surface area contributed by atoms with E-state index in [-0.39, 0.29) is 12.1 Å². The van der Waals surface area contributed by atoms with E-state index >= 15 is 0 Å². The normalized spacial score (nSPS) is 16.0. The smallest absolute Gasteiger partial charge is 0.137 e. The molecule has 2 rings (SSSR count). The van der Waals surface area contributed by atoms with Gasteiger partial charge in [0, 0.05) is 17.7 Å². The summed E-state index contributed by atoms with van der Waals surface area (Å²) >= 11 is 0. The van der Waals surface area contributed by atoms with Gasteiger partial charge in [-0.05, 0) is 27.1 Å². The second kappa shape index (κ2) is 5.87. The molecule has 0 saturated heterocycles. The molecule has 5 nitrogen and oxygen atoms in total. The lowest BCUT2D eigenvalue weighted by Crippen LogP contribution is -2.49. The van der Waals surface area contributed by atoms with E-state index in [0.29, 0.717) is 0 Å².